The number of amides is 2. The standard InChI is InChI=1S/C18H18N2.C13H18N2O.C13H14N2O.C13H23NOSi.C11H12N2.C9H7N.C3H6O.5C2H6.7CH4.I3/c19-11-17-13-20(12-15-7-3-1-4-8-15)14-18(17)16-9-5-2-6-10-16;2*1-10(16)15-8-12(7-14)13(9-15)11-5-3-2-4-6-11;1-15-11-14(12-16(2,3)4)10-13-8-6-5-7-9-13;12-6-10-7-13-8-11(10)9-4-2-1-3-5-9;10-8-4-7-9-5-2-1-3-6-9;1-3(2)4;5*1-2;;;;;;;;1-3-2/h1-10,17-18H,12-14H2;2-6,12-13H,7-9,14H2,1H3;2-6,12-13H,8-9H2,1H3;5-9H,10-12H2,1-4H3;1-5,10-11,13H,7-8H2;1-7H;1-2H3;5*1-2H3;7*1H4;/q;;;;;;;;;;;;;;;;;;;-1/b;;;;;7-4+;;;;;;;;;;;;;;/t17-,18+;2*12-,13+;;10-,11+;;;;;;;;;;;;;;;/m111.1.............../s1. The van der Waals surface area contributed by atoms with Crippen LogP contribution in [0.4, 0.5) is 0 Å². The molecule has 8 atom stereocenters. The number of nitrogens with zero attached hydrogens (tertiary/aromatic N) is 8. The number of rotatable bonds is 14. The molecule has 644 valence electrons. The summed E-state index contributed by atoms with van der Waals surface area (Å²) in [6.07, 6.45) is 4.42. The minimum Gasteiger partial charge on any atom is -0.315 e. The third kappa shape index (κ3) is 54.6. The number of ketones is 1. The van der Waals surface area contributed by atoms with Crippen molar-refractivity contribution in [2.75, 3.05) is 78.9 Å². The van der Waals surface area contributed by atoms with E-state index in [1.807, 2.05) is 189 Å². The molecule has 0 spiro atoms. The SMILES string of the molecule is C.C.C.C.C.C.C.CC.CC.CC.CC.CC.CC(=O)N1C[C@@H](C#N)[C@H](c2ccccc2)C1.CC(=O)N1C[C@@H](CN)[C@H](c2ccccc2)C1.CC(C)=O.COCN(Cc1ccccc1)C[Si](C)(C)C.I[I-]I.N#C/C=C/c1ccccc1.N#C[C@@H]1CN(Cc2ccccc2)C[C@H]1c1ccccc1.N#C[C@@H]1CNC[C@H]1c1ccccc1. The Morgan fingerprint density at radius 2 is 0.817 bits per heavy atom. The maximum absolute atomic E-state index is 11.4. The van der Waals surface area contributed by atoms with Gasteiger partial charge in [-0.1, -0.05) is 353 Å². The summed E-state index contributed by atoms with van der Waals surface area (Å²) in [5, 5.41) is 38.9. The fraction of sp³-hybridized carbons (Fsp3) is 0.474. The Kier molecular flexibility index (Phi) is 88.7. The molecule has 0 saturated carbocycles. The predicted molar refractivity (Wildman–Crippen MR) is 517 cm³/mol. The van der Waals surface area contributed by atoms with Gasteiger partial charge in [-0.3, -0.25) is 19.4 Å². The van der Waals surface area contributed by atoms with Crippen LogP contribution in [0.25, 0.3) is 6.08 Å². The van der Waals surface area contributed by atoms with Gasteiger partial charge in [0.25, 0.3) is 0 Å². The van der Waals surface area contributed by atoms with E-state index in [1.54, 1.807) is 31.9 Å². The van der Waals surface area contributed by atoms with E-state index < -0.39 is 8.07 Å². The molecule has 3 N–H and O–H groups in total. The first-order valence-corrected chi connectivity index (χ1v) is 54.4. The van der Waals surface area contributed by atoms with Gasteiger partial charge in [0, 0.05) is 116 Å². The third-order valence-electron chi connectivity index (χ3n) is 16.6. The Bertz CT molecular complexity index is 3560. The first kappa shape index (κ1) is 126. The molecule has 4 saturated heterocycles. The number of nitrogens with two attached hydrogens (primary N) is 1. The van der Waals surface area contributed by atoms with E-state index in [0.29, 0.717) is 56.6 Å². The van der Waals surface area contributed by atoms with E-state index in [0.717, 1.165) is 70.2 Å². The molecule has 0 bridgehead atoms. The second-order valence-corrected chi connectivity index (χ2v) is 47.4. The molecule has 18 heteroatoms. The fourth-order valence-electron chi connectivity index (χ4n) is 12.1. The average molecular weight is 1940 g/mol. The zero-order valence-corrected chi connectivity index (χ0v) is 75.6. The summed E-state index contributed by atoms with van der Waals surface area (Å²) < 4.78 is 5.27. The maximum atomic E-state index is 11.4. The van der Waals surface area contributed by atoms with Gasteiger partial charge in [0.1, 0.15) is 5.78 Å². The van der Waals surface area contributed by atoms with Gasteiger partial charge in [-0.2, -0.15) is 21.0 Å². The normalized spacial score (nSPS) is 17.0. The van der Waals surface area contributed by atoms with Crippen molar-refractivity contribution >= 4 is 69.0 Å². The van der Waals surface area contributed by atoms with Crippen molar-refractivity contribution in [1.82, 2.24) is 24.9 Å². The van der Waals surface area contributed by atoms with Gasteiger partial charge in [-0.15, -0.1) is 0 Å². The molecular formula is C97H156I3N10O4Si-. The van der Waals surface area contributed by atoms with E-state index >= 15 is 0 Å². The average Bonchev–Trinajstić information content (AvgIpc) is 1.70. The molecule has 4 aliphatic heterocycles. The van der Waals surface area contributed by atoms with E-state index in [1.165, 1.54) is 53.9 Å². The van der Waals surface area contributed by atoms with Gasteiger partial charge >= 0.3 is 50.5 Å². The van der Waals surface area contributed by atoms with Crippen molar-refractivity contribution in [1.29, 1.82) is 21.0 Å². The van der Waals surface area contributed by atoms with Gasteiger partial charge in [-0.05, 0) is 77.5 Å². The Morgan fingerprint density at radius 3 is 1.17 bits per heavy atom. The van der Waals surface area contributed by atoms with Crippen LogP contribution in [0, 0.1) is 69.0 Å². The number of Topliss-reactive ketones (excluding diaryl/α,β-unsaturated/α-hetero) is 1. The van der Waals surface area contributed by atoms with Crippen LogP contribution >= 0.6 is 37.2 Å². The molecule has 115 heavy (non-hydrogen) atoms. The zero-order valence-electron chi connectivity index (χ0n) is 68.1. The number of methoxy groups -OCH3 is 1. The third-order valence-corrected chi connectivity index (χ3v) is 18.0. The Labute approximate surface area is 736 Å². The molecule has 11 rings (SSSR count). The van der Waals surface area contributed by atoms with Crippen molar-refractivity contribution in [3.63, 3.8) is 0 Å². The van der Waals surface area contributed by atoms with Crippen molar-refractivity contribution in [2.45, 2.75) is 205 Å². The minimum atomic E-state index is -1.07. The number of ether oxygens (including phenoxy) is 1. The van der Waals surface area contributed by atoms with Crippen LogP contribution in [0.2, 0.25) is 19.6 Å². The summed E-state index contributed by atoms with van der Waals surface area (Å²) in [6.45, 7) is 43.1. The van der Waals surface area contributed by atoms with Crippen molar-refractivity contribution in [3.05, 3.63) is 257 Å². The summed E-state index contributed by atoms with van der Waals surface area (Å²) >= 11 is 5.30. The number of benzene rings is 7. The van der Waals surface area contributed by atoms with E-state index in [-0.39, 0.29) is 93.3 Å². The Hall–Kier alpha value is -6.94. The molecule has 14 nitrogen and oxygen atoms in total. The van der Waals surface area contributed by atoms with Crippen LogP contribution in [0.3, 0.4) is 0 Å². The van der Waals surface area contributed by atoms with Crippen molar-refractivity contribution in [2.24, 2.45) is 29.4 Å². The Morgan fingerprint density at radius 1 is 0.487 bits per heavy atom. The Balaban J connectivity index is -0.000000160. The van der Waals surface area contributed by atoms with Gasteiger partial charge in [-0.25, -0.2) is 0 Å². The summed E-state index contributed by atoms with van der Waals surface area (Å²) in [5.41, 5.74) is 14.5. The molecule has 7 aromatic carbocycles. The van der Waals surface area contributed by atoms with E-state index in [4.69, 9.17) is 26.3 Å². The van der Waals surface area contributed by atoms with Crippen LogP contribution in [0.1, 0.15) is 212 Å². The minimum absolute atomic E-state index is 0. The first-order valence-electron chi connectivity index (χ1n) is 38.1. The van der Waals surface area contributed by atoms with Gasteiger partial charge in [0.2, 0.25) is 11.8 Å². The molecule has 4 fully saturated rings. The second kappa shape index (κ2) is 80.8. The number of allylic oxidation sites excluding steroid dienone is 1. The van der Waals surface area contributed by atoms with Crippen LogP contribution < -0.4 is 24.3 Å². The fourth-order valence-corrected chi connectivity index (χ4v) is 13.6. The second-order valence-electron chi connectivity index (χ2n) is 25.7. The van der Waals surface area contributed by atoms with Crippen LogP contribution in [-0.4, -0.2) is 124 Å². The van der Waals surface area contributed by atoms with Crippen LogP contribution in [0.15, 0.2) is 218 Å². The van der Waals surface area contributed by atoms with Crippen molar-refractivity contribution in [3.8, 4) is 24.3 Å². The number of nitrogens with one attached hydrogen (secondary N) is 1. The number of likely N-dealkylation sites (tertiary alicyclic amines) is 3. The van der Waals surface area contributed by atoms with Crippen LogP contribution in [0.5, 0.6) is 0 Å². The first-order chi connectivity index (χ1) is 52.3. The molecule has 0 unspecified atom stereocenters. The summed E-state index contributed by atoms with van der Waals surface area (Å²) in [5.74, 6) is 2.21. The maximum Gasteiger partial charge on any atom is 0.0912 e. The molecule has 2 amide bonds. The van der Waals surface area contributed by atoms with E-state index in [2.05, 4.69) is 193 Å². The molecule has 0 aromatic heterocycles. The quantitative estimate of drug-likeness (QED) is 0.0451. The van der Waals surface area contributed by atoms with Gasteiger partial charge in [0.15, 0.2) is 0 Å². The topological polar surface area (TPSA) is 207 Å². The molecular weight excluding hydrogens is 1780 g/mol. The smallest absolute Gasteiger partial charge is 0.0912 e. The predicted octanol–water partition coefficient (Wildman–Crippen LogP) is 22.1. The van der Waals surface area contributed by atoms with Gasteiger partial charge < -0.3 is 30.4 Å². The number of carbonyl (C=O) groups excluding carboxylic acids is 3. The monoisotopic (exact) mass is 1930 g/mol. The number of halogens is 3. The largest absolute Gasteiger partial charge is 0.315 e. The summed E-state index contributed by atoms with van der Waals surface area (Å²) in [6, 6.07) is 80.9. The molecule has 4 aliphatic rings. The van der Waals surface area contributed by atoms with Crippen molar-refractivity contribution < 1.29 is 32.4 Å². The number of nitriles is 4. The molecule has 0 aliphatic carbocycles. The number of hydrogen-bond acceptors (Lipinski definition) is 12. The molecule has 0 radical (unpaired) electrons. The van der Waals surface area contributed by atoms with E-state index in [9.17, 15) is 19.6 Å². The molecule has 4 heterocycles. The van der Waals surface area contributed by atoms with Gasteiger partial charge in [0.05, 0.1) is 56.8 Å². The summed E-state index contributed by atoms with van der Waals surface area (Å²) in [4.78, 5) is 40.5. The zero-order chi connectivity index (χ0) is 81.5. The van der Waals surface area contributed by atoms with Crippen LogP contribution in [-0.2, 0) is 32.2 Å². The number of carbonyl (C=O) groups is 3. The number of hydrogen-bond donors (Lipinski definition) is 2. The summed E-state index contributed by atoms with van der Waals surface area (Å²) in [7, 11) is 0.701. The molecule has 7 aromatic rings.